The van der Waals surface area contributed by atoms with E-state index in [0.29, 0.717) is 16.4 Å². The standard InChI is InChI=1S/C20H17ClN4O2/c21-14-3-1-6-17(11-14)25-10-9-18(24-25)20(27)23-16-5-2-4-15(12-16)22-19(26)13-7-8-13/h1-6,9-13H,7-8H2,(H,22,26)(H,23,27). The number of carbonyl (C=O) groups is 2. The van der Waals surface area contributed by atoms with Gasteiger partial charge in [0.05, 0.1) is 5.69 Å². The fourth-order valence-corrected chi connectivity index (χ4v) is 2.85. The summed E-state index contributed by atoms with van der Waals surface area (Å²) >= 11 is 6.00. The van der Waals surface area contributed by atoms with Gasteiger partial charge in [0.15, 0.2) is 5.69 Å². The van der Waals surface area contributed by atoms with E-state index in [2.05, 4.69) is 15.7 Å². The Balaban J connectivity index is 1.45. The van der Waals surface area contributed by atoms with E-state index >= 15 is 0 Å². The highest BCUT2D eigenvalue weighted by Crippen LogP contribution is 2.30. The average Bonchev–Trinajstić information content (AvgIpc) is 3.39. The van der Waals surface area contributed by atoms with Crippen molar-refractivity contribution in [3.8, 4) is 5.69 Å². The second kappa shape index (κ2) is 7.25. The molecule has 4 rings (SSSR count). The summed E-state index contributed by atoms with van der Waals surface area (Å²) in [7, 11) is 0. The van der Waals surface area contributed by atoms with E-state index in [1.54, 1.807) is 53.3 Å². The first-order valence-electron chi connectivity index (χ1n) is 8.62. The summed E-state index contributed by atoms with van der Waals surface area (Å²) in [6.45, 7) is 0. The van der Waals surface area contributed by atoms with Crippen molar-refractivity contribution in [1.82, 2.24) is 9.78 Å². The van der Waals surface area contributed by atoms with Crippen molar-refractivity contribution < 1.29 is 9.59 Å². The Labute approximate surface area is 161 Å². The summed E-state index contributed by atoms with van der Waals surface area (Å²) in [6, 6.07) is 15.9. The molecule has 2 amide bonds. The molecule has 0 spiro atoms. The minimum Gasteiger partial charge on any atom is -0.326 e. The lowest BCUT2D eigenvalue weighted by Gasteiger charge is -2.08. The van der Waals surface area contributed by atoms with Gasteiger partial charge in [-0.25, -0.2) is 4.68 Å². The summed E-state index contributed by atoms with van der Waals surface area (Å²) in [5.74, 6) is -0.182. The third-order valence-corrected chi connectivity index (χ3v) is 4.47. The first kappa shape index (κ1) is 17.3. The molecule has 2 N–H and O–H groups in total. The van der Waals surface area contributed by atoms with E-state index in [-0.39, 0.29) is 23.4 Å². The molecule has 6 nitrogen and oxygen atoms in total. The Hall–Kier alpha value is -3.12. The van der Waals surface area contributed by atoms with Gasteiger partial charge in [0.2, 0.25) is 5.91 Å². The molecule has 1 aliphatic rings. The molecule has 1 heterocycles. The van der Waals surface area contributed by atoms with Gasteiger partial charge in [-0.15, -0.1) is 0 Å². The van der Waals surface area contributed by atoms with Crippen molar-refractivity contribution in [2.75, 3.05) is 10.6 Å². The van der Waals surface area contributed by atoms with Crippen LogP contribution < -0.4 is 10.6 Å². The van der Waals surface area contributed by atoms with Crippen molar-refractivity contribution in [2.24, 2.45) is 5.92 Å². The molecule has 0 unspecified atom stereocenters. The van der Waals surface area contributed by atoms with Crippen molar-refractivity contribution >= 4 is 34.8 Å². The molecule has 2 aromatic carbocycles. The van der Waals surface area contributed by atoms with Crippen LogP contribution in [0.2, 0.25) is 5.02 Å². The third kappa shape index (κ3) is 4.17. The highest BCUT2D eigenvalue weighted by Gasteiger charge is 2.29. The Bertz CT molecular complexity index is 1010. The van der Waals surface area contributed by atoms with Crippen molar-refractivity contribution in [1.29, 1.82) is 0 Å². The smallest absolute Gasteiger partial charge is 0.276 e. The lowest BCUT2D eigenvalue weighted by molar-refractivity contribution is -0.117. The lowest BCUT2D eigenvalue weighted by atomic mass is 10.2. The monoisotopic (exact) mass is 380 g/mol. The van der Waals surface area contributed by atoms with Crippen LogP contribution >= 0.6 is 11.6 Å². The molecule has 0 saturated heterocycles. The quantitative estimate of drug-likeness (QED) is 0.698. The molecule has 27 heavy (non-hydrogen) atoms. The Morgan fingerprint density at radius 2 is 1.74 bits per heavy atom. The third-order valence-electron chi connectivity index (χ3n) is 4.23. The second-order valence-electron chi connectivity index (χ2n) is 6.42. The molecular formula is C20H17ClN4O2. The highest BCUT2D eigenvalue weighted by molar-refractivity contribution is 6.30. The molecule has 1 aromatic heterocycles. The van der Waals surface area contributed by atoms with Crippen LogP contribution in [0.3, 0.4) is 0 Å². The van der Waals surface area contributed by atoms with Crippen LogP contribution in [-0.2, 0) is 4.79 Å². The number of nitrogens with one attached hydrogen (secondary N) is 2. The number of amides is 2. The Kier molecular flexibility index (Phi) is 4.64. The average molecular weight is 381 g/mol. The predicted molar refractivity (Wildman–Crippen MR) is 104 cm³/mol. The molecule has 0 aliphatic heterocycles. The molecule has 0 bridgehead atoms. The molecule has 1 fully saturated rings. The van der Waals surface area contributed by atoms with E-state index in [1.165, 1.54) is 0 Å². The summed E-state index contributed by atoms with van der Waals surface area (Å²) in [6.07, 6.45) is 3.59. The second-order valence-corrected chi connectivity index (χ2v) is 6.86. The van der Waals surface area contributed by atoms with Crippen LogP contribution in [0.4, 0.5) is 11.4 Å². The van der Waals surface area contributed by atoms with Gasteiger partial charge in [0.25, 0.3) is 5.91 Å². The molecule has 1 aliphatic carbocycles. The number of halogens is 1. The van der Waals surface area contributed by atoms with Crippen molar-refractivity contribution in [3.63, 3.8) is 0 Å². The van der Waals surface area contributed by atoms with Crippen LogP contribution in [-0.4, -0.2) is 21.6 Å². The van der Waals surface area contributed by atoms with Crippen LogP contribution in [0.1, 0.15) is 23.3 Å². The summed E-state index contributed by atoms with van der Waals surface area (Å²) in [5, 5.41) is 10.6. The number of carbonyl (C=O) groups excluding carboxylic acids is 2. The molecule has 1 saturated carbocycles. The van der Waals surface area contributed by atoms with Gasteiger partial charge in [-0.3, -0.25) is 9.59 Å². The number of hydrogen-bond acceptors (Lipinski definition) is 3. The molecule has 136 valence electrons. The molecule has 7 heteroatoms. The number of aromatic nitrogens is 2. The first-order valence-corrected chi connectivity index (χ1v) is 9.00. The highest BCUT2D eigenvalue weighted by atomic mass is 35.5. The van der Waals surface area contributed by atoms with Gasteiger partial charge >= 0.3 is 0 Å². The Morgan fingerprint density at radius 1 is 1.00 bits per heavy atom. The maximum absolute atomic E-state index is 12.5. The lowest BCUT2D eigenvalue weighted by Crippen LogP contribution is -2.15. The van der Waals surface area contributed by atoms with E-state index in [4.69, 9.17) is 11.6 Å². The van der Waals surface area contributed by atoms with E-state index in [0.717, 1.165) is 18.5 Å². The Morgan fingerprint density at radius 3 is 2.48 bits per heavy atom. The fourth-order valence-electron chi connectivity index (χ4n) is 2.67. The summed E-state index contributed by atoms with van der Waals surface area (Å²) in [4.78, 5) is 24.3. The number of benzene rings is 2. The zero-order chi connectivity index (χ0) is 18.8. The van der Waals surface area contributed by atoms with Crippen molar-refractivity contribution in [3.05, 3.63) is 71.5 Å². The van der Waals surface area contributed by atoms with E-state index in [9.17, 15) is 9.59 Å². The minimum atomic E-state index is -0.332. The fraction of sp³-hybridized carbons (Fsp3) is 0.150. The normalized spacial score (nSPS) is 13.2. The summed E-state index contributed by atoms with van der Waals surface area (Å²) < 4.78 is 1.59. The van der Waals surface area contributed by atoms with Gasteiger partial charge in [-0.1, -0.05) is 23.7 Å². The van der Waals surface area contributed by atoms with E-state index < -0.39 is 0 Å². The van der Waals surface area contributed by atoms with Gasteiger partial charge in [-0.05, 0) is 55.3 Å². The van der Waals surface area contributed by atoms with Gasteiger partial charge < -0.3 is 10.6 Å². The van der Waals surface area contributed by atoms with Gasteiger partial charge in [0, 0.05) is 28.5 Å². The number of anilines is 2. The first-order chi connectivity index (χ1) is 13.1. The molecular weight excluding hydrogens is 364 g/mol. The largest absolute Gasteiger partial charge is 0.326 e. The zero-order valence-electron chi connectivity index (χ0n) is 14.4. The number of hydrogen-bond donors (Lipinski definition) is 2. The SMILES string of the molecule is O=C(Nc1cccc(NC(=O)C2CC2)c1)c1ccn(-c2cccc(Cl)c2)n1. The molecule has 0 radical (unpaired) electrons. The topological polar surface area (TPSA) is 76.0 Å². The maximum atomic E-state index is 12.5. The zero-order valence-corrected chi connectivity index (χ0v) is 15.1. The number of nitrogens with zero attached hydrogens (tertiary/aromatic N) is 2. The van der Waals surface area contributed by atoms with E-state index in [1.807, 2.05) is 12.1 Å². The van der Waals surface area contributed by atoms with Gasteiger partial charge in [-0.2, -0.15) is 5.10 Å². The minimum absolute atomic E-state index is 0.0266. The predicted octanol–water partition coefficient (Wildman–Crippen LogP) is 4.13. The van der Waals surface area contributed by atoms with Crippen LogP contribution in [0, 0.1) is 5.92 Å². The van der Waals surface area contributed by atoms with Crippen LogP contribution in [0.25, 0.3) is 5.69 Å². The molecule has 0 atom stereocenters. The van der Waals surface area contributed by atoms with Crippen LogP contribution in [0.5, 0.6) is 0 Å². The van der Waals surface area contributed by atoms with Crippen LogP contribution in [0.15, 0.2) is 60.8 Å². The summed E-state index contributed by atoms with van der Waals surface area (Å²) in [5.41, 5.74) is 2.30. The van der Waals surface area contributed by atoms with Gasteiger partial charge in [0.1, 0.15) is 0 Å². The van der Waals surface area contributed by atoms with Crippen molar-refractivity contribution in [2.45, 2.75) is 12.8 Å². The molecule has 3 aromatic rings. The maximum Gasteiger partial charge on any atom is 0.276 e. The number of rotatable bonds is 5.